The normalized spacial score (nSPS) is 13.1. The predicted molar refractivity (Wildman–Crippen MR) is 73.1 cm³/mol. The van der Waals surface area contributed by atoms with Gasteiger partial charge in [0.1, 0.15) is 0 Å². The average molecular weight is 262 g/mol. The summed E-state index contributed by atoms with van der Waals surface area (Å²) in [5.74, 6) is 0.290. The standard InChI is InChI=1S/C15H14BF3/c1-11(12-5-3-2-4-6-12)16-14-9-7-13(8-10-14)15(17,18)19/h2-11,16H,1H3. The Labute approximate surface area is 111 Å². The van der Waals surface area contributed by atoms with Gasteiger partial charge in [-0.05, 0) is 5.82 Å². The third-order valence-corrected chi connectivity index (χ3v) is 3.19. The summed E-state index contributed by atoms with van der Waals surface area (Å²) in [4.78, 5) is 0. The Morgan fingerprint density at radius 2 is 1.47 bits per heavy atom. The van der Waals surface area contributed by atoms with Crippen molar-refractivity contribution in [3.05, 3.63) is 65.7 Å². The maximum absolute atomic E-state index is 12.4. The van der Waals surface area contributed by atoms with Crippen LogP contribution in [0.1, 0.15) is 23.9 Å². The first-order chi connectivity index (χ1) is 8.97. The van der Waals surface area contributed by atoms with Gasteiger partial charge >= 0.3 is 6.18 Å². The topological polar surface area (TPSA) is 0 Å². The van der Waals surface area contributed by atoms with Crippen LogP contribution in [0.3, 0.4) is 0 Å². The number of halogens is 3. The lowest BCUT2D eigenvalue weighted by atomic mass is 9.57. The van der Waals surface area contributed by atoms with Crippen molar-refractivity contribution >= 4 is 12.7 Å². The first-order valence-corrected chi connectivity index (χ1v) is 6.18. The summed E-state index contributed by atoms with van der Waals surface area (Å²) in [7, 11) is 0.738. The highest BCUT2D eigenvalue weighted by atomic mass is 19.4. The minimum atomic E-state index is -4.26. The van der Waals surface area contributed by atoms with E-state index in [0.717, 1.165) is 24.9 Å². The molecule has 2 aromatic rings. The Morgan fingerprint density at radius 3 is 2.00 bits per heavy atom. The summed E-state index contributed by atoms with van der Waals surface area (Å²) in [6, 6.07) is 15.4. The molecular formula is C15H14BF3. The largest absolute Gasteiger partial charge is 0.416 e. The second kappa shape index (κ2) is 5.51. The number of hydrogen-bond donors (Lipinski definition) is 0. The van der Waals surface area contributed by atoms with Crippen LogP contribution in [0.4, 0.5) is 13.2 Å². The number of hydrogen-bond acceptors (Lipinski definition) is 0. The molecule has 0 nitrogen and oxygen atoms in total. The summed E-state index contributed by atoms with van der Waals surface area (Å²) in [5.41, 5.74) is 1.52. The Hall–Kier alpha value is -1.71. The molecule has 2 rings (SSSR count). The molecule has 0 bridgehead atoms. The fourth-order valence-electron chi connectivity index (χ4n) is 2.08. The fourth-order valence-corrected chi connectivity index (χ4v) is 2.08. The molecule has 0 N–H and O–H groups in total. The Kier molecular flexibility index (Phi) is 3.98. The lowest BCUT2D eigenvalue weighted by molar-refractivity contribution is -0.137. The molecule has 0 aliphatic carbocycles. The maximum atomic E-state index is 12.4. The van der Waals surface area contributed by atoms with E-state index in [1.165, 1.54) is 5.56 Å². The van der Waals surface area contributed by atoms with Crippen LogP contribution in [0.15, 0.2) is 54.6 Å². The van der Waals surface area contributed by atoms with Gasteiger partial charge in [0.05, 0.1) is 5.56 Å². The molecule has 0 amide bonds. The van der Waals surface area contributed by atoms with Crippen molar-refractivity contribution in [2.24, 2.45) is 0 Å². The van der Waals surface area contributed by atoms with E-state index >= 15 is 0 Å². The molecule has 0 aliphatic rings. The monoisotopic (exact) mass is 262 g/mol. The van der Waals surface area contributed by atoms with Crippen LogP contribution in [-0.2, 0) is 6.18 Å². The first-order valence-electron chi connectivity index (χ1n) is 6.18. The Morgan fingerprint density at radius 1 is 0.895 bits per heavy atom. The van der Waals surface area contributed by atoms with E-state index in [1.807, 2.05) is 30.3 Å². The van der Waals surface area contributed by atoms with Gasteiger partial charge in [0, 0.05) is 0 Å². The summed E-state index contributed by atoms with van der Waals surface area (Å²) in [6.45, 7) is 2.08. The van der Waals surface area contributed by atoms with Gasteiger partial charge in [-0.1, -0.05) is 72.5 Å². The number of alkyl halides is 3. The summed E-state index contributed by atoms with van der Waals surface area (Å²) >= 11 is 0. The van der Waals surface area contributed by atoms with Gasteiger partial charge < -0.3 is 0 Å². The van der Waals surface area contributed by atoms with Crippen molar-refractivity contribution < 1.29 is 13.2 Å². The van der Waals surface area contributed by atoms with Gasteiger partial charge in [-0.2, -0.15) is 13.2 Å². The van der Waals surface area contributed by atoms with E-state index in [-0.39, 0.29) is 5.82 Å². The molecule has 0 saturated carbocycles. The second-order valence-corrected chi connectivity index (χ2v) is 4.71. The van der Waals surface area contributed by atoms with Crippen LogP contribution in [-0.4, -0.2) is 7.28 Å². The van der Waals surface area contributed by atoms with E-state index in [4.69, 9.17) is 0 Å². The highest BCUT2D eigenvalue weighted by Gasteiger charge is 2.29. The minimum Gasteiger partial charge on any atom is -0.166 e. The van der Waals surface area contributed by atoms with E-state index in [1.54, 1.807) is 12.1 Å². The van der Waals surface area contributed by atoms with E-state index in [9.17, 15) is 13.2 Å². The van der Waals surface area contributed by atoms with Crippen molar-refractivity contribution in [2.75, 3.05) is 0 Å². The van der Waals surface area contributed by atoms with E-state index < -0.39 is 11.7 Å². The molecule has 0 saturated heterocycles. The molecule has 98 valence electrons. The predicted octanol–water partition coefficient (Wildman–Crippen LogP) is 3.53. The zero-order chi connectivity index (χ0) is 13.9. The molecule has 1 atom stereocenters. The van der Waals surface area contributed by atoms with Crippen LogP contribution in [0.5, 0.6) is 0 Å². The molecule has 4 heteroatoms. The molecule has 0 aliphatic heterocycles. The van der Waals surface area contributed by atoms with Crippen molar-refractivity contribution in [1.29, 1.82) is 0 Å². The number of benzene rings is 2. The summed E-state index contributed by atoms with van der Waals surface area (Å²) in [5, 5.41) is 0. The highest BCUT2D eigenvalue weighted by molar-refractivity contribution is 6.54. The zero-order valence-corrected chi connectivity index (χ0v) is 10.6. The molecule has 0 spiro atoms. The Bertz CT molecular complexity index is 517. The van der Waals surface area contributed by atoms with Crippen molar-refractivity contribution in [2.45, 2.75) is 18.9 Å². The van der Waals surface area contributed by atoms with E-state index in [2.05, 4.69) is 6.92 Å². The molecule has 1 unspecified atom stereocenters. The third-order valence-electron chi connectivity index (χ3n) is 3.19. The lowest BCUT2D eigenvalue weighted by Gasteiger charge is -2.11. The van der Waals surface area contributed by atoms with Gasteiger partial charge in [-0.25, -0.2) is 0 Å². The van der Waals surface area contributed by atoms with E-state index in [0.29, 0.717) is 0 Å². The second-order valence-electron chi connectivity index (χ2n) is 4.71. The van der Waals surface area contributed by atoms with Gasteiger partial charge in [-0.3, -0.25) is 0 Å². The SMILES string of the molecule is CC(Bc1ccc(C(F)(F)F)cc1)c1ccccc1. The van der Waals surface area contributed by atoms with Crippen LogP contribution in [0.25, 0.3) is 0 Å². The fraction of sp³-hybridized carbons (Fsp3) is 0.200. The van der Waals surface area contributed by atoms with Crippen LogP contribution >= 0.6 is 0 Å². The minimum absolute atomic E-state index is 0.290. The van der Waals surface area contributed by atoms with Gasteiger partial charge in [0.15, 0.2) is 7.28 Å². The molecule has 0 fully saturated rings. The summed E-state index contributed by atoms with van der Waals surface area (Å²) in [6.07, 6.45) is -4.26. The highest BCUT2D eigenvalue weighted by Crippen LogP contribution is 2.28. The molecule has 19 heavy (non-hydrogen) atoms. The van der Waals surface area contributed by atoms with Gasteiger partial charge in [0.2, 0.25) is 0 Å². The molecular weight excluding hydrogens is 248 g/mol. The lowest BCUT2D eigenvalue weighted by Crippen LogP contribution is -2.20. The van der Waals surface area contributed by atoms with Crippen molar-refractivity contribution in [3.8, 4) is 0 Å². The van der Waals surface area contributed by atoms with Crippen molar-refractivity contribution in [3.63, 3.8) is 0 Å². The van der Waals surface area contributed by atoms with Crippen LogP contribution < -0.4 is 5.46 Å². The Balaban J connectivity index is 2.08. The average Bonchev–Trinajstić information content (AvgIpc) is 2.39. The number of rotatable bonds is 3. The molecule has 0 radical (unpaired) electrons. The smallest absolute Gasteiger partial charge is 0.166 e. The van der Waals surface area contributed by atoms with Crippen molar-refractivity contribution in [1.82, 2.24) is 0 Å². The van der Waals surface area contributed by atoms with Crippen LogP contribution in [0.2, 0.25) is 0 Å². The molecule has 0 heterocycles. The molecule has 0 aromatic heterocycles. The summed E-state index contributed by atoms with van der Waals surface area (Å²) < 4.78 is 37.3. The first kappa shape index (κ1) is 13.7. The molecule has 2 aromatic carbocycles. The van der Waals surface area contributed by atoms with Crippen LogP contribution in [0, 0.1) is 0 Å². The van der Waals surface area contributed by atoms with Gasteiger partial charge in [-0.15, -0.1) is 0 Å². The maximum Gasteiger partial charge on any atom is 0.416 e. The zero-order valence-electron chi connectivity index (χ0n) is 10.6. The quantitative estimate of drug-likeness (QED) is 0.742. The van der Waals surface area contributed by atoms with Gasteiger partial charge in [0.25, 0.3) is 0 Å². The third kappa shape index (κ3) is 3.63.